The normalized spacial score (nSPS) is 8.20. The minimum absolute atomic E-state index is 0. The summed E-state index contributed by atoms with van der Waals surface area (Å²) in [4.78, 5) is 0. The zero-order valence-corrected chi connectivity index (χ0v) is 6.52. The molecule has 0 heterocycles. The third-order valence-corrected chi connectivity index (χ3v) is 1.22. The van der Waals surface area contributed by atoms with Crippen molar-refractivity contribution in [2.75, 3.05) is 5.43 Å². The van der Waals surface area contributed by atoms with E-state index in [1.54, 1.807) is 0 Å². The van der Waals surface area contributed by atoms with Gasteiger partial charge in [-0.25, -0.2) is 0 Å². The quantitative estimate of drug-likeness (QED) is 0.376. The molecular formula is C7H10ClN2-. The lowest BCUT2D eigenvalue weighted by Gasteiger charge is -1.97. The second-order valence-corrected chi connectivity index (χ2v) is 2.01. The Balaban J connectivity index is 0.000000810. The van der Waals surface area contributed by atoms with E-state index in [0.29, 0.717) is 0 Å². The van der Waals surface area contributed by atoms with E-state index in [-0.39, 0.29) is 12.4 Å². The molecule has 0 radical (unpaired) electrons. The summed E-state index contributed by atoms with van der Waals surface area (Å²) >= 11 is 0. The number of anilines is 1. The highest BCUT2D eigenvalue weighted by Gasteiger charge is 1.84. The van der Waals surface area contributed by atoms with Gasteiger partial charge in [-0.05, 0) is 19.1 Å². The summed E-state index contributed by atoms with van der Waals surface area (Å²) in [5, 5.41) is 0. The fraction of sp³-hybridized carbons (Fsp3) is 0.143. The monoisotopic (exact) mass is 157 g/mol. The van der Waals surface area contributed by atoms with Crippen LogP contribution in [0, 0.1) is 6.92 Å². The SMILES string of the molecule is Cc1ccc(NN)cc1.[Cl-]. The Labute approximate surface area is 66.8 Å². The molecule has 1 rings (SSSR count). The van der Waals surface area contributed by atoms with Crippen molar-refractivity contribution in [1.29, 1.82) is 0 Å². The largest absolute Gasteiger partial charge is 1.00 e. The van der Waals surface area contributed by atoms with E-state index in [2.05, 4.69) is 5.43 Å². The third-order valence-electron chi connectivity index (χ3n) is 1.22. The van der Waals surface area contributed by atoms with Crippen molar-refractivity contribution < 1.29 is 12.4 Å². The smallest absolute Gasteiger partial charge is 0.0485 e. The first kappa shape index (κ1) is 9.27. The third kappa shape index (κ3) is 2.25. The summed E-state index contributed by atoms with van der Waals surface area (Å²) in [6.45, 7) is 2.04. The van der Waals surface area contributed by atoms with Gasteiger partial charge in [0.1, 0.15) is 0 Å². The lowest BCUT2D eigenvalue weighted by molar-refractivity contribution is -0.00000199. The van der Waals surface area contributed by atoms with Gasteiger partial charge in [0.25, 0.3) is 0 Å². The van der Waals surface area contributed by atoms with Crippen LogP contribution in [-0.2, 0) is 0 Å². The van der Waals surface area contributed by atoms with Crippen LogP contribution < -0.4 is 23.7 Å². The summed E-state index contributed by atoms with van der Waals surface area (Å²) < 4.78 is 0. The van der Waals surface area contributed by atoms with E-state index >= 15 is 0 Å². The molecule has 0 bridgehead atoms. The second kappa shape index (κ2) is 4.14. The van der Waals surface area contributed by atoms with Gasteiger partial charge in [-0.2, -0.15) is 0 Å². The Morgan fingerprint density at radius 2 is 1.70 bits per heavy atom. The summed E-state index contributed by atoms with van der Waals surface area (Å²) in [6.07, 6.45) is 0. The molecule has 0 unspecified atom stereocenters. The van der Waals surface area contributed by atoms with Gasteiger partial charge in [-0.1, -0.05) is 17.7 Å². The molecule has 2 nitrogen and oxygen atoms in total. The van der Waals surface area contributed by atoms with E-state index in [0.717, 1.165) is 5.69 Å². The minimum atomic E-state index is 0. The molecular weight excluding hydrogens is 148 g/mol. The number of hydrogen-bond donors (Lipinski definition) is 2. The van der Waals surface area contributed by atoms with Crippen molar-refractivity contribution in [3.8, 4) is 0 Å². The molecule has 0 saturated carbocycles. The van der Waals surface area contributed by atoms with Crippen molar-refractivity contribution in [3.63, 3.8) is 0 Å². The standard InChI is InChI=1S/C7H10N2.ClH/c1-6-2-4-7(9-8)5-3-6;/h2-5,9H,8H2,1H3;1H/p-1. The molecule has 1 aromatic carbocycles. The molecule has 1 aromatic rings. The van der Waals surface area contributed by atoms with E-state index in [1.165, 1.54) is 5.56 Å². The van der Waals surface area contributed by atoms with Gasteiger partial charge in [0.2, 0.25) is 0 Å². The molecule has 56 valence electrons. The average molecular weight is 158 g/mol. The van der Waals surface area contributed by atoms with Crippen molar-refractivity contribution in [1.82, 2.24) is 0 Å². The maximum absolute atomic E-state index is 5.15. The lowest BCUT2D eigenvalue weighted by Crippen LogP contribution is -3.00. The second-order valence-electron chi connectivity index (χ2n) is 2.01. The highest BCUT2D eigenvalue weighted by Crippen LogP contribution is 2.05. The molecule has 3 heteroatoms. The number of nitrogens with two attached hydrogens (primary N) is 1. The first-order valence-electron chi connectivity index (χ1n) is 2.86. The van der Waals surface area contributed by atoms with Crippen LogP contribution in [0.5, 0.6) is 0 Å². The zero-order chi connectivity index (χ0) is 6.69. The predicted octanol–water partition coefficient (Wildman–Crippen LogP) is -1.72. The maximum atomic E-state index is 5.15. The van der Waals surface area contributed by atoms with E-state index in [1.807, 2.05) is 31.2 Å². The molecule has 0 saturated heterocycles. The molecule has 3 N–H and O–H groups in total. The molecule has 0 aliphatic carbocycles. The Morgan fingerprint density at radius 3 is 2.10 bits per heavy atom. The summed E-state index contributed by atoms with van der Waals surface area (Å²) in [7, 11) is 0. The van der Waals surface area contributed by atoms with Crippen LogP contribution in [-0.4, -0.2) is 0 Å². The van der Waals surface area contributed by atoms with E-state index < -0.39 is 0 Å². The number of benzene rings is 1. The molecule has 0 atom stereocenters. The first-order valence-corrected chi connectivity index (χ1v) is 2.86. The highest BCUT2D eigenvalue weighted by molar-refractivity contribution is 5.42. The van der Waals surface area contributed by atoms with E-state index in [9.17, 15) is 0 Å². The van der Waals surface area contributed by atoms with Gasteiger partial charge < -0.3 is 17.8 Å². The van der Waals surface area contributed by atoms with Gasteiger partial charge >= 0.3 is 0 Å². The zero-order valence-electron chi connectivity index (χ0n) is 5.76. The summed E-state index contributed by atoms with van der Waals surface area (Å²) in [5.74, 6) is 5.15. The molecule has 0 aliphatic heterocycles. The van der Waals surface area contributed by atoms with Gasteiger partial charge in [-0.3, -0.25) is 5.84 Å². The minimum Gasteiger partial charge on any atom is -1.00 e. The summed E-state index contributed by atoms with van der Waals surface area (Å²) in [6, 6.07) is 7.90. The summed E-state index contributed by atoms with van der Waals surface area (Å²) in [5.41, 5.74) is 4.74. The van der Waals surface area contributed by atoms with Gasteiger partial charge in [0.15, 0.2) is 0 Å². The predicted molar refractivity (Wildman–Crippen MR) is 39.0 cm³/mol. The van der Waals surface area contributed by atoms with Crippen LogP contribution in [0.4, 0.5) is 5.69 Å². The fourth-order valence-electron chi connectivity index (χ4n) is 0.650. The van der Waals surface area contributed by atoms with Crippen molar-refractivity contribution in [2.24, 2.45) is 5.84 Å². The lowest BCUT2D eigenvalue weighted by atomic mass is 10.2. The average Bonchev–Trinajstić information content (AvgIpc) is 1.90. The van der Waals surface area contributed by atoms with Crippen molar-refractivity contribution in [2.45, 2.75) is 6.92 Å². The van der Waals surface area contributed by atoms with Crippen LogP contribution in [0.25, 0.3) is 0 Å². The Hall–Kier alpha value is -0.730. The number of hydrazine groups is 1. The van der Waals surface area contributed by atoms with Gasteiger partial charge in [0.05, 0.1) is 0 Å². The van der Waals surface area contributed by atoms with Crippen molar-refractivity contribution in [3.05, 3.63) is 29.8 Å². The number of aryl methyl sites for hydroxylation is 1. The van der Waals surface area contributed by atoms with Gasteiger partial charge in [0, 0.05) is 5.69 Å². The van der Waals surface area contributed by atoms with Gasteiger partial charge in [-0.15, -0.1) is 0 Å². The van der Waals surface area contributed by atoms with Crippen LogP contribution in [0.2, 0.25) is 0 Å². The Bertz CT molecular complexity index is 183. The number of hydrogen-bond acceptors (Lipinski definition) is 2. The number of nitrogen functional groups attached to an aromatic ring is 1. The maximum Gasteiger partial charge on any atom is 0.0485 e. The number of halogens is 1. The first-order chi connectivity index (χ1) is 4.33. The molecule has 10 heavy (non-hydrogen) atoms. The van der Waals surface area contributed by atoms with Crippen LogP contribution in [0.15, 0.2) is 24.3 Å². The number of nitrogens with one attached hydrogen (secondary N) is 1. The Morgan fingerprint density at radius 1 is 1.20 bits per heavy atom. The fourth-order valence-corrected chi connectivity index (χ4v) is 0.650. The Kier molecular flexibility index (Phi) is 3.84. The number of rotatable bonds is 1. The van der Waals surface area contributed by atoms with E-state index in [4.69, 9.17) is 5.84 Å². The topological polar surface area (TPSA) is 38.0 Å². The van der Waals surface area contributed by atoms with Crippen molar-refractivity contribution >= 4 is 5.69 Å². The molecule has 0 aromatic heterocycles. The molecule has 0 aliphatic rings. The van der Waals surface area contributed by atoms with Crippen LogP contribution >= 0.6 is 0 Å². The van der Waals surface area contributed by atoms with Crippen LogP contribution in [0.3, 0.4) is 0 Å². The van der Waals surface area contributed by atoms with Crippen LogP contribution in [0.1, 0.15) is 5.56 Å². The highest BCUT2D eigenvalue weighted by atomic mass is 35.5. The molecule has 0 spiro atoms. The molecule has 0 amide bonds. The molecule has 0 fully saturated rings.